The summed E-state index contributed by atoms with van der Waals surface area (Å²) in [4.78, 5) is 16.0. The highest BCUT2D eigenvalue weighted by atomic mass is 16.5. The van der Waals surface area contributed by atoms with Crippen LogP contribution in [0.5, 0.6) is 5.75 Å². The summed E-state index contributed by atoms with van der Waals surface area (Å²) in [6.45, 7) is 0. The van der Waals surface area contributed by atoms with Gasteiger partial charge in [-0.3, -0.25) is 9.78 Å². The number of pyridine rings is 1. The lowest BCUT2D eigenvalue weighted by molar-refractivity contribution is -0.119. The Morgan fingerprint density at radius 3 is 3.12 bits per heavy atom. The summed E-state index contributed by atoms with van der Waals surface area (Å²) in [7, 11) is 1.65. The molecule has 2 rings (SSSR count). The number of rotatable bonds is 2. The number of hydrogen-bond acceptors (Lipinski definition) is 3. The lowest BCUT2D eigenvalue weighted by atomic mass is 9.95. The van der Waals surface area contributed by atoms with Crippen molar-refractivity contribution < 1.29 is 9.53 Å². The average molecular weight is 219 g/mol. The van der Waals surface area contributed by atoms with Crippen LogP contribution in [-0.4, -0.2) is 17.9 Å². The number of nitrogens with zero attached hydrogens (tertiary/aromatic N) is 1. The number of ether oxygens (including phenoxy) is 1. The average Bonchev–Trinajstić information content (AvgIpc) is 2.54. The van der Waals surface area contributed by atoms with Gasteiger partial charge in [-0.15, -0.1) is 0 Å². The summed E-state index contributed by atoms with van der Waals surface area (Å²) >= 11 is 0. The second kappa shape index (κ2) is 5.10. The van der Waals surface area contributed by atoms with Gasteiger partial charge in [0.2, 0.25) is 0 Å². The van der Waals surface area contributed by atoms with Crippen LogP contribution in [0.1, 0.15) is 43.7 Å². The lowest BCUT2D eigenvalue weighted by Gasteiger charge is -2.15. The van der Waals surface area contributed by atoms with Crippen LogP contribution in [-0.2, 0) is 4.79 Å². The van der Waals surface area contributed by atoms with Crippen molar-refractivity contribution in [2.75, 3.05) is 7.11 Å². The third-order valence-electron chi connectivity index (χ3n) is 3.14. The van der Waals surface area contributed by atoms with E-state index in [-0.39, 0.29) is 5.92 Å². The van der Waals surface area contributed by atoms with E-state index in [9.17, 15) is 4.79 Å². The quantitative estimate of drug-likeness (QED) is 0.718. The number of aromatic nitrogens is 1. The van der Waals surface area contributed by atoms with Gasteiger partial charge in [-0.05, 0) is 25.0 Å². The third kappa shape index (κ3) is 2.40. The van der Waals surface area contributed by atoms with Gasteiger partial charge in [-0.1, -0.05) is 6.42 Å². The summed E-state index contributed by atoms with van der Waals surface area (Å²) in [6, 6.07) is 3.78. The second-order valence-corrected chi connectivity index (χ2v) is 4.28. The summed E-state index contributed by atoms with van der Waals surface area (Å²) in [5.74, 6) is 1.41. The first-order valence-corrected chi connectivity index (χ1v) is 5.82. The van der Waals surface area contributed by atoms with Crippen molar-refractivity contribution >= 4 is 5.78 Å². The standard InChI is InChI=1S/C13H17NO2/c1-16-12-7-4-8-14-13(12)10-5-2-3-6-11(15)9-10/h4,7-8,10H,2-3,5-6,9H2,1H3. The monoisotopic (exact) mass is 219 g/mol. The molecular formula is C13H17NO2. The van der Waals surface area contributed by atoms with Gasteiger partial charge in [0.15, 0.2) is 0 Å². The maximum atomic E-state index is 11.6. The van der Waals surface area contributed by atoms with E-state index in [0.29, 0.717) is 12.2 Å². The van der Waals surface area contributed by atoms with E-state index >= 15 is 0 Å². The molecule has 0 radical (unpaired) electrons. The zero-order chi connectivity index (χ0) is 11.4. The molecular weight excluding hydrogens is 202 g/mol. The van der Waals surface area contributed by atoms with Gasteiger partial charge in [-0.25, -0.2) is 0 Å². The van der Waals surface area contributed by atoms with Crippen molar-refractivity contribution in [1.82, 2.24) is 4.98 Å². The van der Waals surface area contributed by atoms with Crippen molar-refractivity contribution in [2.24, 2.45) is 0 Å². The first-order valence-electron chi connectivity index (χ1n) is 5.82. The fourth-order valence-corrected chi connectivity index (χ4v) is 2.31. The van der Waals surface area contributed by atoms with Crippen LogP contribution in [0.4, 0.5) is 0 Å². The number of methoxy groups -OCH3 is 1. The molecule has 0 aliphatic heterocycles. The maximum absolute atomic E-state index is 11.6. The van der Waals surface area contributed by atoms with Crippen molar-refractivity contribution in [3.63, 3.8) is 0 Å². The van der Waals surface area contributed by atoms with E-state index in [4.69, 9.17) is 4.74 Å². The molecule has 3 heteroatoms. The van der Waals surface area contributed by atoms with Gasteiger partial charge >= 0.3 is 0 Å². The van der Waals surface area contributed by atoms with Gasteiger partial charge in [-0.2, -0.15) is 0 Å². The number of carbonyl (C=O) groups excluding carboxylic acids is 1. The molecule has 0 bridgehead atoms. The zero-order valence-corrected chi connectivity index (χ0v) is 9.61. The van der Waals surface area contributed by atoms with Crippen LogP contribution in [0.2, 0.25) is 0 Å². The van der Waals surface area contributed by atoms with Gasteiger partial charge < -0.3 is 4.74 Å². The van der Waals surface area contributed by atoms with Crippen LogP contribution in [0.15, 0.2) is 18.3 Å². The van der Waals surface area contributed by atoms with Crippen molar-refractivity contribution in [3.8, 4) is 5.75 Å². The fourth-order valence-electron chi connectivity index (χ4n) is 2.31. The molecule has 1 aromatic rings. The Labute approximate surface area is 95.8 Å². The van der Waals surface area contributed by atoms with Gasteiger partial charge in [0.25, 0.3) is 0 Å². The molecule has 0 N–H and O–H groups in total. The van der Waals surface area contributed by atoms with Crippen LogP contribution >= 0.6 is 0 Å². The smallest absolute Gasteiger partial charge is 0.140 e. The highest BCUT2D eigenvalue weighted by molar-refractivity contribution is 5.79. The summed E-state index contributed by atoms with van der Waals surface area (Å²) in [5, 5.41) is 0. The topological polar surface area (TPSA) is 39.2 Å². The molecule has 1 fully saturated rings. The molecule has 0 spiro atoms. The van der Waals surface area contributed by atoms with Crippen molar-refractivity contribution in [3.05, 3.63) is 24.0 Å². The third-order valence-corrected chi connectivity index (χ3v) is 3.14. The Morgan fingerprint density at radius 1 is 1.44 bits per heavy atom. The zero-order valence-electron chi connectivity index (χ0n) is 9.61. The Kier molecular flexibility index (Phi) is 3.54. The molecule has 0 saturated heterocycles. The Morgan fingerprint density at radius 2 is 2.31 bits per heavy atom. The molecule has 16 heavy (non-hydrogen) atoms. The molecule has 1 heterocycles. The predicted molar refractivity (Wildman–Crippen MR) is 61.6 cm³/mol. The molecule has 1 aliphatic carbocycles. The Bertz CT molecular complexity index is 376. The minimum absolute atomic E-state index is 0.242. The molecule has 3 nitrogen and oxygen atoms in total. The molecule has 1 aliphatic rings. The SMILES string of the molecule is COc1cccnc1C1CCCCC(=O)C1. The van der Waals surface area contributed by atoms with Crippen LogP contribution in [0, 0.1) is 0 Å². The van der Waals surface area contributed by atoms with Crippen LogP contribution < -0.4 is 4.74 Å². The molecule has 86 valence electrons. The molecule has 1 saturated carbocycles. The lowest BCUT2D eigenvalue weighted by Crippen LogP contribution is -2.07. The van der Waals surface area contributed by atoms with E-state index in [1.54, 1.807) is 13.3 Å². The van der Waals surface area contributed by atoms with Gasteiger partial charge in [0.1, 0.15) is 11.5 Å². The summed E-state index contributed by atoms with van der Waals surface area (Å²) < 4.78 is 5.30. The first-order chi connectivity index (χ1) is 7.81. The molecule has 1 aromatic heterocycles. The Hall–Kier alpha value is -1.38. The van der Waals surface area contributed by atoms with E-state index in [2.05, 4.69) is 4.98 Å². The molecule has 1 unspecified atom stereocenters. The minimum Gasteiger partial charge on any atom is -0.495 e. The van der Waals surface area contributed by atoms with Crippen LogP contribution in [0.3, 0.4) is 0 Å². The summed E-state index contributed by atoms with van der Waals surface area (Å²) in [6.07, 6.45) is 6.28. The normalized spacial score (nSPS) is 21.6. The number of carbonyl (C=O) groups is 1. The predicted octanol–water partition coefficient (Wildman–Crippen LogP) is 2.71. The highest BCUT2D eigenvalue weighted by Crippen LogP contribution is 2.33. The maximum Gasteiger partial charge on any atom is 0.140 e. The van der Waals surface area contributed by atoms with E-state index in [0.717, 1.165) is 37.1 Å². The van der Waals surface area contributed by atoms with Crippen LogP contribution in [0.25, 0.3) is 0 Å². The van der Waals surface area contributed by atoms with Crippen molar-refractivity contribution in [2.45, 2.75) is 38.0 Å². The number of ketones is 1. The molecule has 1 atom stereocenters. The van der Waals surface area contributed by atoms with Gasteiger partial charge in [0, 0.05) is 25.0 Å². The minimum atomic E-state index is 0.242. The van der Waals surface area contributed by atoms with E-state index < -0.39 is 0 Å². The Balaban J connectivity index is 2.24. The molecule has 0 amide bonds. The second-order valence-electron chi connectivity index (χ2n) is 4.28. The largest absolute Gasteiger partial charge is 0.495 e. The van der Waals surface area contributed by atoms with Gasteiger partial charge in [0.05, 0.1) is 12.8 Å². The fraction of sp³-hybridized carbons (Fsp3) is 0.538. The number of hydrogen-bond donors (Lipinski definition) is 0. The van der Waals surface area contributed by atoms with Crippen molar-refractivity contribution in [1.29, 1.82) is 0 Å². The summed E-state index contributed by atoms with van der Waals surface area (Å²) in [5.41, 5.74) is 0.945. The van der Waals surface area contributed by atoms with E-state index in [1.165, 1.54) is 0 Å². The van der Waals surface area contributed by atoms with E-state index in [1.807, 2.05) is 12.1 Å². The molecule has 0 aromatic carbocycles. The first kappa shape index (κ1) is 11.1. The highest BCUT2D eigenvalue weighted by Gasteiger charge is 2.22. The number of Topliss-reactive ketones (excluding diaryl/α,β-unsaturated/α-hetero) is 1.